The Hall–Kier alpha value is -0.0800. The Balaban J connectivity index is 1.94. The lowest BCUT2D eigenvalue weighted by molar-refractivity contribution is -0.343. The van der Waals surface area contributed by atoms with Crippen LogP contribution in [0.3, 0.4) is 0 Å². The molecule has 1 aliphatic heterocycles. The van der Waals surface area contributed by atoms with Gasteiger partial charge in [0.1, 0.15) is 0 Å². The van der Waals surface area contributed by atoms with E-state index in [-0.39, 0.29) is 5.79 Å². The molecule has 2 nitrogen and oxygen atoms in total. The van der Waals surface area contributed by atoms with Crippen molar-refractivity contribution in [1.82, 2.24) is 0 Å². The molecule has 1 aliphatic carbocycles. The van der Waals surface area contributed by atoms with E-state index in [0.29, 0.717) is 5.41 Å². The van der Waals surface area contributed by atoms with Crippen LogP contribution in [0.1, 0.15) is 40.0 Å². The number of ether oxygens (including phenoxy) is 2. The van der Waals surface area contributed by atoms with Gasteiger partial charge in [-0.1, -0.05) is 20.8 Å². The Bertz CT molecular complexity index is 184. The molecule has 2 rings (SSSR count). The van der Waals surface area contributed by atoms with Gasteiger partial charge in [-0.25, -0.2) is 0 Å². The van der Waals surface area contributed by atoms with Gasteiger partial charge in [-0.2, -0.15) is 0 Å². The lowest BCUT2D eigenvalue weighted by atomic mass is 9.59. The first-order chi connectivity index (χ1) is 6.06. The van der Waals surface area contributed by atoms with Crippen LogP contribution in [0, 0.1) is 11.3 Å². The molecule has 0 aromatic carbocycles. The van der Waals surface area contributed by atoms with Gasteiger partial charge >= 0.3 is 0 Å². The molecular formula is C11H20O2. The molecule has 1 saturated carbocycles. The lowest BCUT2D eigenvalue weighted by Gasteiger charge is -2.56. The van der Waals surface area contributed by atoms with Crippen LogP contribution in [0.2, 0.25) is 0 Å². The summed E-state index contributed by atoms with van der Waals surface area (Å²) < 4.78 is 11.4. The topological polar surface area (TPSA) is 18.5 Å². The molecular weight excluding hydrogens is 164 g/mol. The zero-order valence-electron chi connectivity index (χ0n) is 8.93. The molecule has 1 spiro atoms. The Kier molecular flexibility index (Phi) is 2.16. The van der Waals surface area contributed by atoms with Crippen LogP contribution in [-0.4, -0.2) is 19.0 Å². The van der Waals surface area contributed by atoms with Crippen molar-refractivity contribution in [3.8, 4) is 0 Å². The monoisotopic (exact) mass is 184 g/mol. The zero-order chi connectivity index (χ0) is 9.53. The second kappa shape index (κ2) is 2.96. The van der Waals surface area contributed by atoms with Gasteiger partial charge < -0.3 is 9.47 Å². The Morgan fingerprint density at radius 1 is 1.08 bits per heavy atom. The molecule has 0 radical (unpaired) electrons. The molecule has 1 saturated heterocycles. The zero-order valence-corrected chi connectivity index (χ0v) is 8.93. The maximum absolute atomic E-state index is 5.72. The van der Waals surface area contributed by atoms with Crippen LogP contribution < -0.4 is 0 Å². The highest BCUT2D eigenvalue weighted by Crippen LogP contribution is 2.55. The van der Waals surface area contributed by atoms with Gasteiger partial charge in [-0.3, -0.25) is 0 Å². The van der Waals surface area contributed by atoms with Crippen molar-refractivity contribution in [2.24, 2.45) is 11.3 Å². The standard InChI is InChI=1S/C11H20O2/c1-9(2)10(3)7-11(8-10)12-5-4-6-13-11/h9H,4-8H2,1-3H3. The first-order valence-electron chi connectivity index (χ1n) is 5.34. The highest BCUT2D eigenvalue weighted by molar-refractivity contribution is 5.00. The van der Waals surface area contributed by atoms with Gasteiger partial charge in [0.15, 0.2) is 5.79 Å². The fourth-order valence-corrected chi connectivity index (χ4v) is 2.41. The van der Waals surface area contributed by atoms with Crippen molar-refractivity contribution in [1.29, 1.82) is 0 Å². The third-order valence-electron chi connectivity index (χ3n) is 3.76. The summed E-state index contributed by atoms with van der Waals surface area (Å²) in [6, 6.07) is 0. The molecule has 76 valence electrons. The molecule has 2 fully saturated rings. The second-order valence-corrected chi connectivity index (χ2v) is 5.12. The smallest absolute Gasteiger partial charge is 0.169 e. The molecule has 1 heterocycles. The van der Waals surface area contributed by atoms with Crippen molar-refractivity contribution in [3.63, 3.8) is 0 Å². The summed E-state index contributed by atoms with van der Waals surface area (Å²) >= 11 is 0. The van der Waals surface area contributed by atoms with E-state index in [1.54, 1.807) is 0 Å². The van der Waals surface area contributed by atoms with E-state index in [1.807, 2.05) is 0 Å². The molecule has 0 N–H and O–H groups in total. The quantitative estimate of drug-likeness (QED) is 0.623. The molecule has 2 heteroatoms. The van der Waals surface area contributed by atoms with Crippen LogP contribution in [0.4, 0.5) is 0 Å². The maximum atomic E-state index is 5.72. The van der Waals surface area contributed by atoms with Crippen LogP contribution in [0.5, 0.6) is 0 Å². The van der Waals surface area contributed by atoms with Crippen molar-refractivity contribution in [3.05, 3.63) is 0 Å². The largest absolute Gasteiger partial charge is 0.350 e. The summed E-state index contributed by atoms with van der Waals surface area (Å²) in [4.78, 5) is 0. The van der Waals surface area contributed by atoms with E-state index < -0.39 is 0 Å². The minimum Gasteiger partial charge on any atom is -0.350 e. The Morgan fingerprint density at radius 2 is 1.62 bits per heavy atom. The van der Waals surface area contributed by atoms with Gasteiger partial charge in [0.05, 0.1) is 13.2 Å². The van der Waals surface area contributed by atoms with Crippen LogP contribution >= 0.6 is 0 Å². The molecule has 0 atom stereocenters. The van der Waals surface area contributed by atoms with Gasteiger partial charge in [0, 0.05) is 12.8 Å². The minimum absolute atomic E-state index is 0.183. The summed E-state index contributed by atoms with van der Waals surface area (Å²) in [6.45, 7) is 8.68. The minimum atomic E-state index is -0.183. The van der Waals surface area contributed by atoms with E-state index in [9.17, 15) is 0 Å². The van der Waals surface area contributed by atoms with Gasteiger partial charge in [-0.05, 0) is 17.8 Å². The molecule has 0 amide bonds. The van der Waals surface area contributed by atoms with Gasteiger partial charge in [-0.15, -0.1) is 0 Å². The highest BCUT2D eigenvalue weighted by atomic mass is 16.7. The van der Waals surface area contributed by atoms with E-state index in [1.165, 1.54) is 0 Å². The van der Waals surface area contributed by atoms with Crippen molar-refractivity contribution < 1.29 is 9.47 Å². The van der Waals surface area contributed by atoms with Crippen molar-refractivity contribution in [2.45, 2.75) is 45.8 Å². The van der Waals surface area contributed by atoms with E-state index in [2.05, 4.69) is 20.8 Å². The van der Waals surface area contributed by atoms with Crippen LogP contribution in [0.15, 0.2) is 0 Å². The average molecular weight is 184 g/mol. The predicted molar refractivity (Wildman–Crippen MR) is 51.4 cm³/mol. The number of hydrogen-bond acceptors (Lipinski definition) is 2. The fraction of sp³-hybridized carbons (Fsp3) is 1.00. The van der Waals surface area contributed by atoms with E-state index in [4.69, 9.17) is 9.47 Å². The molecule has 0 aromatic heterocycles. The normalized spacial score (nSPS) is 30.5. The molecule has 0 unspecified atom stereocenters. The summed E-state index contributed by atoms with van der Waals surface area (Å²) in [5.74, 6) is 0.546. The summed E-state index contributed by atoms with van der Waals surface area (Å²) in [7, 11) is 0. The highest BCUT2D eigenvalue weighted by Gasteiger charge is 2.55. The van der Waals surface area contributed by atoms with Crippen molar-refractivity contribution >= 4 is 0 Å². The van der Waals surface area contributed by atoms with Gasteiger partial charge in [0.25, 0.3) is 0 Å². The third-order valence-corrected chi connectivity index (χ3v) is 3.76. The lowest BCUT2D eigenvalue weighted by Crippen LogP contribution is -2.57. The predicted octanol–water partition coefficient (Wildman–Crippen LogP) is 2.58. The summed E-state index contributed by atoms with van der Waals surface area (Å²) in [6.07, 6.45) is 3.22. The Morgan fingerprint density at radius 3 is 2.08 bits per heavy atom. The first kappa shape index (κ1) is 9.47. The molecule has 2 aliphatic rings. The third kappa shape index (κ3) is 1.50. The average Bonchev–Trinajstić information content (AvgIpc) is 2.03. The molecule has 0 aromatic rings. The fourth-order valence-electron chi connectivity index (χ4n) is 2.41. The summed E-state index contributed by atoms with van der Waals surface area (Å²) in [5, 5.41) is 0. The van der Waals surface area contributed by atoms with Gasteiger partial charge in [0.2, 0.25) is 0 Å². The van der Waals surface area contributed by atoms with Crippen LogP contribution in [-0.2, 0) is 9.47 Å². The van der Waals surface area contributed by atoms with Crippen LogP contribution in [0.25, 0.3) is 0 Å². The SMILES string of the molecule is CC(C)C1(C)CC2(C1)OCCCO2. The summed E-state index contributed by atoms with van der Waals surface area (Å²) in [5.41, 5.74) is 0.442. The number of rotatable bonds is 1. The molecule has 13 heavy (non-hydrogen) atoms. The number of hydrogen-bond donors (Lipinski definition) is 0. The second-order valence-electron chi connectivity index (χ2n) is 5.12. The van der Waals surface area contributed by atoms with E-state index in [0.717, 1.165) is 38.4 Å². The van der Waals surface area contributed by atoms with Crippen molar-refractivity contribution in [2.75, 3.05) is 13.2 Å². The maximum Gasteiger partial charge on any atom is 0.169 e. The first-order valence-corrected chi connectivity index (χ1v) is 5.34. The molecule has 0 bridgehead atoms. The van der Waals surface area contributed by atoms with E-state index >= 15 is 0 Å². The Labute approximate surface area is 80.6 Å².